The highest BCUT2D eigenvalue weighted by Crippen LogP contribution is 2.66. The molecule has 4 nitrogen and oxygen atoms in total. The summed E-state index contributed by atoms with van der Waals surface area (Å²) in [7, 11) is 0. The smallest absolute Gasteiger partial charge is 0.160 e. The van der Waals surface area contributed by atoms with Crippen LogP contribution in [-0.4, -0.2) is 36.5 Å². The van der Waals surface area contributed by atoms with Gasteiger partial charge in [0.05, 0.1) is 17.8 Å². The monoisotopic (exact) mass is 362 g/mol. The molecule has 146 valence electrons. The normalized spacial score (nSPS) is 47.4. The van der Waals surface area contributed by atoms with E-state index in [0.717, 1.165) is 44.1 Å². The van der Waals surface area contributed by atoms with Crippen LogP contribution in [0.3, 0.4) is 0 Å². The maximum absolute atomic E-state index is 13.1. The lowest BCUT2D eigenvalue weighted by atomic mass is 9.46. The van der Waals surface area contributed by atoms with Gasteiger partial charge in [0, 0.05) is 24.4 Å². The fourth-order valence-electron chi connectivity index (χ4n) is 6.82. The summed E-state index contributed by atoms with van der Waals surface area (Å²) in [4.78, 5) is 13.1. The zero-order chi connectivity index (χ0) is 18.8. The molecule has 0 amide bonds. The van der Waals surface area contributed by atoms with Crippen molar-refractivity contribution >= 4 is 5.78 Å². The average molecular weight is 363 g/mol. The van der Waals surface area contributed by atoms with E-state index in [1.54, 1.807) is 0 Å². The van der Waals surface area contributed by atoms with E-state index in [1.165, 1.54) is 0 Å². The first-order valence-electron chi connectivity index (χ1n) is 10.3. The molecule has 0 aromatic heterocycles. The Morgan fingerprint density at radius 2 is 1.96 bits per heavy atom. The molecule has 3 fully saturated rings. The molecule has 2 spiro atoms. The Balaban J connectivity index is 1.71. The van der Waals surface area contributed by atoms with Crippen molar-refractivity contribution in [3.63, 3.8) is 0 Å². The first kappa shape index (κ1) is 18.6. The summed E-state index contributed by atoms with van der Waals surface area (Å²) in [6.45, 7) is 12.2. The number of hydrogen-bond acceptors (Lipinski definition) is 4. The largest absolute Gasteiger partial charge is 0.361 e. The van der Waals surface area contributed by atoms with E-state index in [4.69, 9.17) is 14.2 Å². The molecule has 5 atom stereocenters. The molecule has 2 saturated heterocycles. The van der Waals surface area contributed by atoms with Gasteiger partial charge in [0.2, 0.25) is 0 Å². The van der Waals surface area contributed by atoms with Gasteiger partial charge in [0.25, 0.3) is 0 Å². The van der Waals surface area contributed by atoms with Crippen LogP contribution in [0.25, 0.3) is 0 Å². The molecule has 0 radical (unpaired) electrons. The Kier molecular flexibility index (Phi) is 4.22. The number of rotatable bonds is 2. The first-order chi connectivity index (χ1) is 12.2. The third-order valence-electron chi connectivity index (χ3n) is 7.89. The van der Waals surface area contributed by atoms with Crippen LogP contribution in [0, 0.1) is 16.7 Å². The molecule has 2 heterocycles. The Morgan fingerprint density at radius 1 is 1.19 bits per heavy atom. The van der Waals surface area contributed by atoms with Crippen molar-refractivity contribution in [1.82, 2.24) is 0 Å². The minimum absolute atomic E-state index is 0.0213. The Labute approximate surface area is 157 Å². The molecule has 2 aliphatic heterocycles. The highest BCUT2D eigenvalue weighted by Gasteiger charge is 2.68. The average Bonchev–Trinajstić information content (AvgIpc) is 3.11. The van der Waals surface area contributed by atoms with Crippen LogP contribution in [-0.2, 0) is 19.0 Å². The SMILES string of the molecule is CCOC1C[C@]2(CC[C@@]3(O2)C(C)=CC(=O)[C@H]2C(C)(C)CCC[C@@]23C)CO1. The number of allylic oxidation sites excluding steroid dienone is 1. The first-order valence-corrected chi connectivity index (χ1v) is 10.3. The lowest BCUT2D eigenvalue weighted by Gasteiger charge is -2.60. The summed E-state index contributed by atoms with van der Waals surface area (Å²) >= 11 is 0. The third-order valence-corrected chi connectivity index (χ3v) is 7.89. The van der Waals surface area contributed by atoms with Crippen LogP contribution in [0.15, 0.2) is 11.6 Å². The Morgan fingerprint density at radius 3 is 2.69 bits per heavy atom. The van der Waals surface area contributed by atoms with Crippen molar-refractivity contribution < 1.29 is 19.0 Å². The summed E-state index contributed by atoms with van der Waals surface area (Å²) in [5, 5.41) is 0. The topological polar surface area (TPSA) is 44.8 Å². The molecule has 4 rings (SSSR count). The van der Waals surface area contributed by atoms with Crippen molar-refractivity contribution in [2.45, 2.75) is 90.6 Å². The third kappa shape index (κ3) is 2.41. The lowest BCUT2D eigenvalue weighted by Crippen LogP contribution is -2.62. The molecule has 0 aromatic carbocycles. The fraction of sp³-hybridized carbons (Fsp3) is 0.864. The quantitative estimate of drug-likeness (QED) is 0.729. The number of carbonyl (C=O) groups is 1. The summed E-state index contributed by atoms with van der Waals surface area (Å²) < 4.78 is 18.6. The van der Waals surface area contributed by atoms with E-state index in [0.29, 0.717) is 19.0 Å². The van der Waals surface area contributed by atoms with Gasteiger partial charge in [-0.3, -0.25) is 4.79 Å². The summed E-state index contributed by atoms with van der Waals surface area (Å²) in [5.41, 5.74) is 0.402. The molecule has 4 heteroatoms. The lowest BCUT2D eigenvalue weighted by molar-refractivity contribution is -0.193. The second kappa shape index (κ2) is 5.89. The van der Waals surface area contributed by atoms with Gasteiger partial charge in [0.1, 0.15) is 0 Å². The predicted octanol–water partition coefficient (Wildman–Crippen LogP) is 4.42. The molecule has 0 N–H and O–H groups in total. The van der Waals surface area contributed by atoms with Crippen molar-refractivity contribution in [2.75, 3.05) is 13.2 Å². The summed E-state index contributed by atoms with van der Waals surface area (Å²) in [6, 6.07) is 0. The number of ether oxygens (including phenoxy) is 3. The van der Waals surface area contributed by atoms with Gasteiger partial charge in [-0.2, -0.15) is 0 Å². The van der Waals surface area contributed by atoms with Crippen LogP contribution < -0.4 is 0 Å². The van der Waals surface area contributed by atoms with Crippen LogP contribution in [0.5, 0.6) is 0 Å². The van der Waals surface area contributed by atoms with E-state index >= 15 is 0 Å². The van der Waals surface area contributed by atoms with Crippen molar-refractivity contribution in [2.24, 2.45) is 16.7 Å². The molecule has 0 bridgehead atoms. The molecule has 4 aliphatic rings. The number of fused-ring (bicyclic) bond motifs is 2. The van der Waals surface area contributed by atoms with Crippen molar-refractivity contribution in [1.29, 1.82) is 0 Å². The van der Waals surface area contributed by atoms with Crippen molar-refractivity contribution in [3.05, 3.63) is 11.6 Å². The van der Waals surface area contributed by atoms with Crippen LogP contribution in [0.4, 0.5) is 0 Å². The summed E-state index contributed by atoms with van der Waals surface area (Å²) in [6.07, 6.45) is 7.84. The van der Waals surface area contributed by atoms with Crippen LogP contribution in [0.2, 0.25) is 0 Å². The Bertz CT molecular complexity index is 638. The van der Waals surface area contributed by atoms with Gasteiger partial charge in [-0.1, -0.05) is 27.2 Å². The molecule has 1 saturated carbocycles. The highest BCUT2D eigenvalue weighted by molar-refractivity contribution is 5.95. The van der Waals surface area contributed by atoms with Gasteiger partial charge in [0.15, 0.2) is 12.1 Å². The van der Waals surface area contributed by atoms with E-state index < -0.39 is 0 Å². The van der Waals surface area contributed by atoms with E-state index in [9.17, 15) is 4.79 Å². The van der Waals surface area contributed by atoms with Gasteiger partial charge >= 0.3 is 0 Å². The van der Waals surface area contributed by atoms with E-state index in [-0.39, 0.29) is 34.2 Å². The molecule has 0 aromatic rings. The minimum atomic E-state index is -0.340. The predicted molar refractivity (Wildman–Crippen MR) is 99.8 cm³/mol. The van der Waals surface area contributed by atoms with E-state index in [2.05, 4.69) is 27.7 Å². The summed E-state index contributed by atoms with van der Waals surface area (Å²) in [5.74, 6) is 0.340. The molecule has 26 heavy (non-hydrogen) atoms. The van der Waals surface area contributed by atoms with E-state index in [1.807, 2.05) is 13.0 Å². The highest BCUT2D eigenvalue weighted by atomic mass is 16.7. The zero-order valence-electron chi connectivity index (χ0n) is 17.0. The number of ketones is 1. The zero-order valence-corrected chi connectivity index (χ0v) is 17.0. The number of carbonyl (C=O) groups excluding carboxylic acids is 1. The van der Waals surface area contributed by atoms with Crippen molar-refractivity contribution in [3.8, 4) is 0 Å². The minimum Gasteiger partial charge on any atom is -0.361 e. The number of hydrogen-bond donors (Lipinski definition) is 0. The van der Waals surface area contributed by atoms with Gasteiger partial charge < -0.3 is 14.2 Å². The second-order valence-corrected chi connectivity index (χ2v) is 9.93. The molecular formula is C22H34O4. The fourth-order valence-corrected chi connectivity index (χ4v) is 6.82. The Hall–Kier alpha value is -0.710. The van der Waals surface area contributed by atoms with Gasteiger partial charge in [-0.25, -0.2) is 0 Å². The second-order valence-electron chi connectivity index (χ2n) is 9.93. The maximum Gasteiger partial charge on any atom is 0.160 e. The maximum atomic E-state index is 13.1. The van der Waals surface area contributed by atoms with Gasteiger partial charge in [-0.15, -0.1) is 0 Å². The molecule has 2 aliphatic carbocycles. The van der Waals surface area contributed by atoms with Crippen LogP contribution >= 0.6 is 0 Å². The van der Waals surface area contributed by atoms with Gasteiger partial charge in [-0.05, 0) is 56.6 Å². The standard InChI is InChI=1S/C22H34O4/c1-6-24-17-13-21(14-25-17)10-11-22(26-21)15(2)12-16(23)18-19(3,4)8-7-9-20(18,22)5/h12,17-18H,6-11,13-14H2,1-5H3/t17?,18-,20-,21+,22+/m0/s1. The molecule has 1 unspecified atom stereocenters. The molecular weight excluding hydrogens is 328 g/mol. The van der Waals surface area contributed by atoms with Crippen LogP contribution in [0.1, 0.15) is 73.1 Å².